The third-order valence-corrected chi connectivity index (χ3v) is 4.54. The van der Waals surface area contributed by atoms with Gasteiger partial charge < -0.3 is 9.73 Å². The van der Waals surface area contributed by atoms with Crippen molar-refractivity contribution in [1.82, 2.24) is 5.32 Å². The molecule has 0 saturated carbocycles. The van der Waals surface area contributed by atoms with E-state index in [1.165, 1.54) is 10.6 Å². The number of rotatable bonds is 7. The molecule has 0 aliphatic carbocycles. The first kappa shape index (κ1) is 17.4. The van der Waals surface area contributed by atoms with Crippen molar-refractivity contribution >= 4 is 33.2 Å². The maximum absolute atomic E-state index is 11.9. The Morgan fingerprint density at radius 2 is 1.96 bits per heavy atom. The number of hydrogen-bond acceptors (Lipinski definition) is 4. The zero-order chi connectivity index (χ0) is 16.9. The molecule has 0 unspecified atom stereocenters. The molecule has 1 N–H and O–H groups in total. The SMILES string of the molecule is CS(=O)(=O)N(CCC(=O)NCc1ccco1)c1ccc(Cl)cc1. The number of sulfonamides is 1. The molecular formula is C15H17ClN2O4S. The van der Waals surface area contributed by atoms with Crippen LogP contribution in [0.3, 0.4) is 0 Å². The predicted octanol–water partition coefficient (Wildman–Crippen LogP) is 2.41. The maximum Gasteiger partial charge on any atom is 0.232 e. The van der Waals surface area contributed by atoms with Gasteiger partial charge >= 0.3 is 0 Å². The summed E-state index contributed by atoms with van der Waals surface area (Å²) in [6.45, 7) is 0.316. The molecule has 8 heteroatoms. The average molecular weight is 357 g/mol. The summed E-state index contributed by atoms with van der Waals surface area (Å²) in [6.07, 6.45) is 2.66. The van der Waals surface area contributed by atoms with Gasteiger partial charge in [0.25, 0.3) is 0 Å². The van der Waals surface area contributed by atoms with E-state index < -0.39 is 10.0 Å². The lowest BCUT2D eigenvalue weighted by atomic mass is 10.3. The number of anilines is 1. The van der Waals surface area contributed by atoms with Crippen molar-refractivity contribution < 1.29 is 17.6 Å². The van der Waals surface area contributed by atoms with Crippen molar-refractivity contribution in [2.75, 3.05) is 17.1 Å². The minimum atomic E-state index is -3.49. The van der Waals surface area contributed by atoms with E-state index in [1.807, 2.05) is 0 Å². The zero-order valence-corrected chi connectivity index (χ0v) is 14.1. The molecule has 23 heavy (non-hydrogen) atoms. The van der Waals surface area contributed by atoms with Crippen molar-refractivity contribution in [2.24, 2.45) is 0 Å². The van der Waals surface area contributed by atoms with E-state index in [2.05, 4.69) is 5.32 Å². The fourth-order valence-electron chi connectivity index (χ4n) is 1.98. The minimum Gasteiger partial charge on any atom is -0.467 e. The summed E-state index contributed by atoms with van der Waals surface area (Å²) in [5, 5.41) is 3.19. The molecule has 0 saturated heterocycles. The summed E-state index contributed by atoms with van der Waals surface area (Å²) in [4.78, 5) is 11.9. The smallest absolute Gasteiger partial charge is 0.232 e. The fourth-order valence-corrected chi connectivity index (χ4v) is 3.04. The molecule has 0 atom stereocenters. The van der Waals surface area contributed by atoms with Gasteiger partial charge in [0, 0.05) is 18.0 Å². The Bertz CT molecular complexity index is 742. The molecular weight excluding hydrogens is 340 g/mol. The number of carbonyl (C=O) groups is 1. The van der Waals surface area contributed by atoms with Crippen molar-refractivity contribution in [2.45, 2.75) is 13.0 Å². The van der Waals surface area contributed by atoms with Crippen molar-refractivity contribution in [3.05, 3.63) is 53.4 Å². The van der Waals surface area contributed by atoms with Gasteiger partial charge in [0.1, 0.15) is 5.76 Å². The van der Waals surface area contributed by atoms with E-state index in [-0.39, 0.29) is 25.4 Å². The van der Waals surface area contributed by atoms with Gasteiger partial charge in [0.15, 0.2) is 0 Å². The second kappa shape index (κ2) is 7.52. The first-order valence-electron chi connectivity index (χ1n) is 6.88. The number of nitrogens with one attached hydrogen (secondary N) is 1. The Hall–Kier alpha value is -1.99. The number of amides is 1. The van der Waals surface area contributed by atoms with Gasteiger partial charge in [-0.15, -0.1) is 0 Å². The van der Waals surface area contributed by atoms with E-state index in [4.69, 9.17) is 16.0 Å². The lowest BCUT2D eigenvalue weighted by molar-refractivity contribution is -0.121. The van der Waals surface area contributed by atoms with E-state index in [9.17, 15) is 13.2 Å². The van der Waals surface area contributed by atoms with Crippen LogP contribution in [-0.4, -0.2) is 27.1 Å². The van der Waals surface area contributed by atoms with Crippen LogP contribution in [0, 0.1) is 0 Å². The normalized spacial score (nSPS) is 11.2. The van der Waals surface area contributed by atoms with Crippen LogP contribution in [0.25, 0.3) is 0 Å². The molecule has 1 aromatic heterocycles. The third-order valence-electron chi connectivity index (χ3n) is 3.10. The molecule has 1 aromatic carbocycles. The van der Waals surface area contributed by atoms with E-state index in [1.54, 1.807) is 36.4 Å². The molecule has 0 aliphatic rings. The second-order valence-electron chi connectivity index (χ2n) is 4.92. The monoisotopic (exact) mass is 356 g/mol. The van der Waals surface area contributed by atoms with Crippen LogP contribution < -0.4 is 9.62 Å². The highest BCUT2D eigenvalue weighted by Gasteiger charge is 2.18. The average Bonchev–Trinajstić information content (AvgIpc) is 2.99. The molecule has 2 rings (SSSR count). The molecule has 1 amide bonds. The molecule has 0 fully saturated rings. The molecule has 124 valence electrons. The first-order chi connectivity index (χ1) is 10.9. The number of furan rings is 1. The highest BCUT2D eigenvalue weighted by Crippen LogP contribution is 2.20. The Labute approximate surface area is 140 Å². The molecule has 2 aromatic rings. The van der Waals surface area contributed by atoms with Crippen molar-refractivity contribution in [1.29, 1.82) is 0 Å². The van der Waals surface area contributed by atoms with Gasteiger partial charge in [0.2, 0.25) is 15.9 Å². The third kappa shape index (κ3) is 5.30. The molecule has 0 radical (unpaired) electrons. The van der Waals surface area contributed by atoms with Crippen LogP contribution in [0.1, 0.15) is 12.2 Å². The molecule has 0 spiro atoms. The Morgan fingerprint density at radius 1 is 1.26 bits per heavy atom. The summed E-state index contributed by atoms with van der Waals surface area (Å²) in [6, 6.07) is 9.89. The Balaban J connectivity index is 1.96. The number of nitrogens with zero attached hydrogens (tertiary/aromatic N) is 1. The van der Waals surface area contributed by atoms with E-state index in [0.29, 0.717) is 16.5 Å². The standard InChI is InChI=1S/C15H17ClN2O4S/c1-23(20,21)18(13-6-4-12(16)5-7-13)9-8-15(19)17-11-14-3-2-10-22-14/h2-7,10H,8-9,11H2,1H3,(H,17,19). The van der Waals surface area contributed by atoms with Crippen LogP contribution in [0.2, 0.25) is 5.02 Å². The highest BCUT2D eigenvalue weighted by molar-refractivity contribution is 7.92. The quantitative estimate of drug-likeness (QED) is 0.826. The first-order valence-corrected chi connectivity index (χ1v) is 9.11. The number of benzene rings is 1. The lowest BCUT2D eigenvalue weighted by Crippen LogP contribution is -2.34. The topological polar surface area (TPSA) is 79.6 Å². The van der Waals surface area contributed by atoms with Gasteiger partial charge in [-0.25, -0.2) is 8.42 Å². The Morgan fingerprint density at radius 3 is 2.52 bits per heavy atom. The van der Waals surface area contributed by atoms with Crippen LogP contribution in [0.15, 0.2) is 47.1 Å². The van der Waals surface area contributed by atoms with Crippen molar-refractivity contribution in [3.8, 4) is 0 Å². The number of hydrogen-bond donors (Lipinski definition) is 1. The largest absolute Gasteiger partial charge is 0.467 e. The maximum atomic E-state index is 11.9. The Kier molecular flexibility index (Phi) is 5.68. The molecule has 1 heterocycles. The zero-order valence-electron chi connectivity index (χ0n) is 12.5. The number of halogens is 1. The van der Waals surface area contributed by atoms with Crippen LogP contribution >= 0.6 is 11.6 Å². The minimum absolute atomic E-state index is 0.0381. The number of carbonyl (C=O) groups excluding carboxylic acids is 1. The van der Waals surface area contributed by atoms with Gasteiger partial charge in [-0.3, -0.25) is 9.10 Å². The summed E-state index contributed by atoms with van der Waals surface area (Å²) in [5.41, 5.74) is 0.468. The predicted molar refractivity (Wildman–Crippen MR) is 88.8 cm³/mol. The van der Waals surface area contributed by atoms with E-state index >= 15 is 0 Å². The van der Waals surface area contributed by atoms with Crippen LogP contribution in [-0.2, 0) is 21.4 Å². The fraction of sp³-hybridized carbons (Fsp3) is 0.267. The summed E-state index contributed by atoms with van der Waals surface area (Å²) in [7, 11) is -3.49. The van der Waals surface area contributed by atoms with Gasteiger partial charge in [-0.2, -0.15) is 0 Å². The van der Waals surface area contributed by atoms with Crippen molar-refractivity contribution in [3.63, 3.8) is 0 Å². The van der Waals surface area contributed by atoms with Crippen LogP contribution in [0.5, 0.6) is 0 Å². The molecule has 0 aliphatic heterocycles. The lowest BCUT2D eigenvalue weighted by Gasteiger charge is -2.22. The molecule has 6 nitrogen and oxygen atoms in total. The molecule has 0 bridgehead atoms. The summed E-state index contributed by atoms with van der Waals surface area (Å²) >= 11 is 5.81. The van der Waals surface area contributed by atoms with Crippen LogP contribution in [0.4, 0.5) is 5.69 Å². The summed E-state index contributed by atoms with van der Waals surface area (Å²) < 4.78 is 30.1. The van der Waals surface area contributed by atoms with Gasteiger partial charge in [0.05, 0.1) is 24.8 Å². The van der Waals surface area contributed by atoms with Gasteiger partial charge in [-0.05, 0) is 36.4 Å². The summed E-state index contributed by atoms with van der Waals surface area (Å²) in [5.74, 6) is 0.375. The second-order valence-corrected chi connectivity index (χ2v) is 7.26. The van der Waals surface area contributed by atoms with E-state index in [0.717, 1.165) is 6.26 Å². The highest BCUT2D eigenvalue weighted by atomic mass is 35.5. The van der Waals surface area contributed by atoms with Gasteiger partial charge in [-0.1, -0.05) is 11.6 Å².